The molecule has 3 rings (SSSR count). The summed E-state index contributed by atoms with van der Waals surface area (Å²) in [5.74, 6) is 1.26. The number of aromatic nitrogens is 3. The van der Waals surface area contributed by atoms with Crippen LogP contribution in [0, 0.1) is 0 Å². The van der Waals surface area contributed by atoms with Gasteiger partial charge in [0.05, 0.1) is 17.3 Å². The largest absolute Gasteiger partial charge is 0.314 e. The molecular weight excluding hydrogens is 340 g/mol. The summed E-state index contributed by atoms with van der Waals surface area (Å²) in [5.41, 5.74) is 4.04. The van der Waals surface area contributed by atoms with E-state index in [1.54, 1.807) is 35.2 Å². The summed E-state index contributed by atoms with van der Waals surface area (Å²) in [4.78, 5) is 15.5. The highest BCUT2D eigenvalue weighted by atomic mass is 32.1. The van der Waals surface area contributed by atoms with Crippen LogP contribution in [-0.2, 0) is 6.54 Å². The minimum atomic E-state index is 0.529. The van der Waals surface area contributed by atoms with Gasteiger partial charge < -0.3 is 5.32 Å². The van der Waals surface area contributed by atoms with Crippen molar-refractivity contribution < 1.29 is 0 Å². The van der Waals surface area contributed by atoms with Gasteiger partial charge in [-0.05, 0) is 25.5 Å². The van der Waals surface area contributed by atoms with E-state index in [4.69, 9.17) is 0 Å². The highest BCUT2D eigenvalue weighted by Crippen LogP contribution is 2.33. The fourth-order valence-electron chi connectivity index (χ4n) is 2.20. The number of anilines is 1. The Morgan fingerprint density at radius 2 is 2.25 bits per heavy atom. The summed E-state index contributed by atoms with van der Waals surface area (Å²) in [6.07, 6.45) is 4.41. The lowest BCUT2D eigenvalue weighted by Gasteiger charge is -2.02. The van der Waals surface area contributed by atoms with Gasteiger partial charge in [-0.1, -0.05) is 13.8 Å². The second-order valence-corrected chi connectivity index (χ2v) is 7.43. The van der Waals surface area contributed by atoms with Gasteiger partial charge in [0.1, 0.15) is 16.2 Å². The smallest absolute Gasteiger partial charge is 0.158 e. The number of nitrogens with one attached hydrogen (secondary N) is 2. The Balaban J connectivity index is 1.76. The van der Waals surface area contributed by atoms with E-state index in [0.29, 0.717) is 5.92 Å². The Labute approximate surface area is 149 Å². The zero-order chi connectivity index (χ0) is 16.9. The van der Waals surface area contributed by atoms with Crippen molar-refractivity contribution in [3.63, 3.8) is 0 Å². The molecule has 0 saturated carbocycles. The molecule has 126 valence electrons. The molecular formula is C16H20N6S2. The van der Waals surface area contributed by atoms with Crippen molar-refractivity contribution in [2.75, 3.05) is 12.5 Å². The van der Waals surface area contributed by atoms with Crippen molar-refractivity contribution in [3.05, 3.63) is 33.4 Å². The summed E-state index contributed by atoms with van der Waals surface area (Å²) < 4.78 is 0. The van der Waals surface area contributed by atoms with E-state index in [1.807, 2.05) is 12.4 Å². The fourth-order valence-corrected chi connectivity index (χ4v) is 4.01. The van der Waals surface area contributed by atoms with Crippen LogP contribution < -0.4 is 10.7 Å². The highest BCUT2D eigenvalue weighted by molar-refractivity contribution is 7.18. The topological polar surface area (TPSA) is 75.1 Å². The highest BCUT2D eigenvalue weighted by Gasteiger charge is 2.12. The molecule has 24 heavy (non-hydrogen) atoms. The first-order chi connectivity index (χ1) is 11.7. The van der Waals surface area contributed by atoms with Gasteiger partial charge in [-0.25, -0.2) is 15.0 Å². The molecule has 0 spiro atoms. The molecule has 6 nitrogen and oxygen atoms in total. The third kappa shape index (κ3) is 3.77. The van der Waals surface area contributed by atoms with Crippen molar-refractivity contribution in [2.24, 2.45) is 5.10 Å². The number of hydrogen-bond donors (Lipinski definition) is 2. The zero-order valence-electron chi connectivity index (χ0n) is 13.9. The molecule has 2 N–H and O–H groups in total. The summed E-state index contributed by atoms with van der Waals surface area (Å²) in [6, 6.07) is 2.17. The van der Waals surface area contributed by atoms with Crippen LogP contribution in [0.1, 0.15) is 41.8 Å². The molecule has 3 aromatic rings. The molecule has 1 atom stereocenters. The zero-order valence-corrected chi connectivity index (χ0v) is 15.5. The van der Waals surface area contributed by atoms with E-state index in [2.05, 4.69) is 50.7 Å². The summed E-state index contributed by atoms with van der Waals surface area (Å²) in [7, 11) is 1.91. The Kier molecular flexibility index (Phi) is 5.49. The quantitative estimate of drug-likeness (QED) is 0.495. The Bertz CT molecular complexity index is 838. The SMILES string of the molecule is CCC(C)c1cc2c(NN=Cc3nc(CNC)cs3)ncnc2s1. The van der Waals surface area contributed by atoms with Gasteiger partial charge in [0.2, 0.25) is 0 Å². The lowest BCUT2D eigenvalue weighted by molar-refractivity contribution is 0.748. The van der Waals surface area contributed by atoms with Gasteiger partial charge in [-0.15, -0.1) is 22.7 Å². The standard InChI is InChI=1S/C16H20N6S2/c1-4-10(2)13-5-12-15(18-9-19-16(12)24-13)22-20-7-14-21-11(6-17-3)8-23-14/h5,7-10,17H,4,6H2,1-3H3,(H,18,19,22). The van der Waals surface area contributed by atoms with Crippen LogP contribution in [0.15, 0.2) is 22.9 Å². The van der Waals surface area contributed by atoms with Gasteiger partial charge in [0, 0.05) is 16.8 Å². The molecule has 3 heterocycles. The van der Waals surface area contributed by atoms with Gasteiger partial charge in [-0.2, -0.15) is 5.10 Å². The van der Waals surface area contributed by atoms with Crippen LogP contribution in [0.4, 0.5) is 5.82 Å². The average Bonchev–Trinajstić information content (AvgIpc) is 3.21. The van der Waals surface area contributed by atoms with E-state index < -0.39 is 0 Å². The lowest BCUT2D eigenvalue weighted by atomic mass is 10.1. The van der Waals surface area contributed by atoms with E-state index >= 15 is 0 Å². The summed E-state index contributed by atoms with van der Waals surface area (Å²) >= 11 is 3.29. The van der Waals surface area contributed by atoms with E-state index in [-0.39, 0.29) is 0 Å². The molecule has 1 unspecified atom stereocenters. The molecule has 0 saturated heterocycles. The number of nitrogens with zero attached hydrogens (tertiary/aromatic N) is 4. The minimum absolute atomic E-state index is 0.529. The third-order valence-corrected chi connectivity index (χ3v) is 5.82. The minimum Gasteiger partial charge on any atom is -0.314 e. The van der Waals surface area contributed by atoms with Gasteiger partial charge in [0.25, 0.3) is 0 Å². The van der Waals surface area contributed by atoms with Crippen LogP contribution in [0.3, 0.4) is 0 Å². The van der Waals surface area contributed by atoms with Crippen LogP contribution in [0.2, 0.25) is 0 Å². The molecule has 0 aliphatic carbocycles. The number of hydrogen-bond acceptors (Lipinski definition) is 8. The van der Waals surface area contributed by atoms with Gasteiger partial charge in [-0.3, -0.25) is 5.43 Å². The van der Waals surface area contributed by atoms with Crippen LogP contribution >= 0.6 is 22.7 Å². The van der Waals surface area contributed by atoms with Crippen molar-refractivity contribution in [1.82, 2.24) is 20.3 Å². The van der Waals surface area contributed by atoms with Crippen LogP contribution in [0.5, 0.6) is 0 Å². The van der Waals surface area contributed by atoms with Crippen molar-refractivity contribution in [2.45, 2.75) is 32.7 Å². The van der Waals surface area contributed by atoms with Crippen LogP contribution in [0.25, 0.3) is 10.2 Å². The molecule has 8 heteroatoms. The molecule has 3 aromatic heterocycles. The second kappa shape index (κ2) is 7.78. The first-order valence-corrected chi connectivity index (χ1v) is 9.53. The number of thiazole rings is 1. The predicted octanol–water partition coefficient (Wildman–Crippen LogP) is 3.83. The normalized spacial score (nSPS) is 13.0. The van der Waals surface area contributed by atoms with E-state index in [9.17, 15) is 0 Å². The number of hydrazone groups is 1. The predicted molar refractivity (Wildman–Crippen MR) is 102 cm³/mol. The maximum atomic E-state index is 4.47. The summed E-state index contributed by atoms with van der Waals surface area (Å²) in [6.45, 7) is 5.19. The van der Waals surface area contributed by atoms with Gasteiger partial charge in [0.15, 0.2) is 5.82 Å². The van der Waals surface area contributed by atoms with Crippen molar-refractivity contribution >= 4 is 44.9 Å². The van der Waals surface area contributed by atoms with Crippen molar-refractivity contribution in [3.8, 4) is 0 Å². The van der Waals surface area contributed by atoms with Crippen molar-refractivity contribution in [1.29, 1.82) is 0 Å². The Morgan fingerprint density at radius 1 is 1.38 bits per heavy atom. The average molecular weight is 361 g/mol. The third-order valence-electron chi connectivity index (χ3n) is 3.72. The number of rotatable bonds is 7. The molecule has 0 aromatic carbocycles. The molecule has 0 aliphatic heterocycles. The Morgan fingerprint density at radius 3 is 3.04 bits per heavy atom. The monoisotopic (exact) mass is 360 g/mol. The summed E-state index contributed by atoms with van der Waals surface area (Å²) in [5, 5.41) is 11.3. The van der Waals surface area contributed by atoms with E-state index in [0.717, 1.165) is 39.7 Å². The number of thiophene rings is 1. The molecule has 0 radical (unpaired) electrons. The number of fused-ring (bicyclic) bond motifs is 1. The second-order valence-electron chi connectivity index (χ2n) is 5.48. The first kappa shape index (κ1) is 16.9. The molecule has 0 amide bonds. The maximum absolute atomic E-state index is 4.47. The Hall–Kier alpha value is -1.90. The first-order valence-electron chi connectivity index (χ1n) is 7.83. The van der Waals surface area contributed by atoms with E-state index in [1.165, 1.54) is 4.88 Å². The van der Waals surface area contributed by atoms with Crippen LogP contribution in [-0.4, -0.2) is 28.2 Å². The molecule has 0 bridgehead atoms. The molecule has 0 aliphatic rings. The maximum Gasteiger partial charge on any atom is 0.158 e. The molecule has 0 fully saturated rings. The van der Waals surface area contributed by atoms with Gasteiger partial charge >= 0.3 is 0 Å². The lowest BCUT2D eigenvalue weighted by Crippen LogP contribution is -2.05. The fraction of sp³-hybridized carbons (Fsp3) is 0.375.